The number of ketones is 1. The van der Waals surface area contributed by atoms with Crippen LogP contribution in [0.25, 0.3) is 17.2 Å². The van der Waals surface area contributed by atoms with Crippen molar-refractivity contribution in [1.82, 2.24) is 24.6 Å². The van der Waals surface area contributed by atoms with Gasteiger partial charge in [0.2, 0.25) is 0 Å². The Morgan fingerprint density at radius 2 is 1.71 bits per heavy atom. The number of hydrogen-bond donors (Lipinski definition) is 0. The predicted molar refractivity (Wildman–Crippen MR) is 133 cm³/mol. The van der Waals surface area contributed by atoms with Gasteiger partial charge in [-0.25, -0.2) is 14.6 Å². The monoisotopic (exact) mass is 471 g/mol. The van der Waals surface area contributed by atoms with Crippen LogP contribution in [0.2, 0.25) is 5.02 Å². The normalized spacial score (nSPS) is 16.8. The first-order chi connectivity index (χ1) is 16.7. The van der Waals surface area contributed by atoms with Crippen molar-refractivity contribution in [2.75, 3.05) is 19.6 Å². The Hall–Kier alpha value is -3.35. The Labute approximate surface area is 204 Å². The summed E-state index contributed by atoms with van der Waals surface area (Å²) in [5.74, 6) is 1.04. The van der Waals surface area contributed by atoms with E-state index in [-0.39, 0.29) is 5.78 Å². The highest BCUT2D eigenvalue weighted by Gasteiger charge is 2.25. The van der Waals surface area contributed by atoms with Crippen LogP contribution in [-0.4, -0.2) is 50.1 Å². The number of nitrogens with zero attached hydrogens (tertiary/aromatic N) is 5. The van der Waals surface area contributed by atoms with E-state index in [1.54, 1.807) is 18.5 Å². The number of aromatic nitrogens is 4. The summed E-state index contributed by atoms with van der Waals surface area (Å²) >= 11 is 6.09. The molecule has 6 nitrogen and oxygen atoms in total. The lowest BCUT2D eigenvalue weighted by atomic mass is 9.96. The van der Waals surface area contributed by atoms with Gasteiger partial charge in [0, 0.05) is 34.5 Å². The first kappa shape index (κ1) is 22.4. The molecule has 1 unspecified atom stereocenters. The molecule has 34 heavy (non-hydrogen) atoms. The minimum atomic E-state index is 0.173. The average molecular weight is 472 g/mol. The van der Waals surface area contributed by atoms with Crippen LogP contribution < -0.4 is 0 Å². The molecular weight excluding hydrogens is 446 g/mol. The van der Waals surface area contributed by atoms with E-state index >= 15 is 0 Å². The molecule has 172 valence electrons. The van der Waals surface area contributed by atoms with E-state index in [2.05, 4.69) is 20.9 Å². The molecule has 0 amide bonds. The van der Waals surface area contributed by atoms with E-state index in [1.165, 1.54) is 0 Å². The van der Waals surface area contributed by atoms with Gasteiger partial charge in [0.25, 0.3) is 5.95 Å². The van der Waals surface area contributed by atoms with Crippen LogP contribution in [0.1, 0.15) is 41.2 Å². The zero-order chi connectivity index (χ0) is 23.3. The summed E-state index contributed by atoms with van der Waals surface area (Å²) in [4.78, 5) is 23.9. The van der Waals surface area contributed by atoms with Gasteiger partial charge in [-0.15, -0.1) is 0 Å². The van der Waals surface area contributed by atoms with Crippen LogP contribution in [0.15, 0.2) is 79.1 Å². The van der Waals surface area contributed by atoms with Crippen LogP contribution in [0, 0.1) is 0 Å². The van der Waals surface area contributed by atoms with Gasteiger partial charge in [-0.2, -0.15) is 5.10 Å². The van der Waals surface area contributed by atoms with Crippen LogP contribution in [0.5, 0.6) is 0 Å². The largest absolute Gasteiger partial charge is 0.296 e. The molecule has 0 spiro atoms. The van der Waals surface area contributed by atoms with Crippen molar-refractivity contribution < 1.29 is 4.79 Å². The number of rotatable bonds is 6. The van der Waals surface area contributed by atoms with Gasteiger partial charge in [-0.1, -0.05) is 54.1 Å². The molecule has 1 aliphatic rings. The Kier molecular flexibility index (Phi) is 6.79. The molecule has 0 N–H and O–H groups in total. The minimum Gasteiger partial charge on any atom is -0.296 e. The predicted octanol–water partition coefficient (Wildman–Crippen LogP) is 5.44. The molecule has 0 bridgehead atoms. The topological polar surface area (TPSA) is 63.9 Å². The maximum Gasteiger partial charge on any atom is 0.250 e. The van der Waals surface area contributed by atoms with E-state index in [9.17, 15) is 4.79 Å². The van der Waals surface area contributed by atoms with Crippen LogP contribution in [0.3, 0.4) is 0 Å². The Bertz CT molecular complexity index is 1240. The lowest BCUT2D eigenvalue weighted by Crippen LogP contribution is -2.31. The van der Waals surface area contributed by atoms with Crippen molar-refractivity contribution in [3.63, 3.8) is 0 Å². The quantitative estimate of drug-likeness (QED) is 0.350. The van der Waals surface area contributed by atoms with Crippen molar-refractivity contribution >= 4 is 17.4 Å². The summed E-state index contributed by atoms with van der Waals surface area (Å²) in [5, 5.41) is 5.57. The van der Waals surface area contributed by atoms with Crippen LogP contribution in [-0.2, 0) is 0 Å². The fraction of sp³-hybridized carbons (Fsp3) is 0.259. The zero-order valence-corrected chi connectivity index (χ0v) is 19.6. The van der Waals surface area contributed by atoms with Gasteiger partial charge in [0.15, 0.2) is 5.78 Å². The summed E-state index contributed by atoms with van der Waals surface area (Å²) in [6.07, 6.45) is 6.46. The van der Waals surface area contributed by atoms with Crippen molar-refractivity contribution in [3.8, 4) is 17.2 Å². The smallest absolute Gasteiger partial charge is 0.250 e. The number of hydrogen-bond acceptors (Lipinski definition) is 5. The molecule has 2 aromatic carbocycles. The second-order valence-electron chi connectivity index (χ2n) is 8.62. The van der Waals surface area contributed by atoms with Gasteiger partial charge in [-0.05, 0) is 56.6 Å². The minimum absolute atomic E-state index is 0.173. The Morgan fingerprint density at radius 3 is 2.47 bits per heavy atom. The maximum atomic E-state index is 12.7. The van der Waals surface area contributed by atoms with E-state index in [4.69, 9.17) is 16.7 Å². The maximum absolute atomic E-state index is 12.7. The molecule has 1 aliphatic heterocycles. The molecule has 0 radical (unpaired) electrons. The fourth-order valence-electron chi connectivity index (χ4n) is 4.54. The molecule has 4 aromatic rings. The number of benzene rings is 2. The van der Waals surface area contributed by atoms with Gasteiger partial charge < -0.3 is 0 Å². The highest BCUT2D eigenvalue weighted by atomic mass is 35.5. The molecule has 7 heteroatoms. The van der Waals surface area contributed by atoms with E-state index in [1.807, 2.05) is 59.3 Å². The van der Waals surface area contributed by atoms with Crippen molar-refractivity contribution in [2.24, 2.45) is 0 Å². The van der Waals surface area contributed by atoms with E-state index in [0.29, 0.717) is 23.4 Å². The number of halogens is 1. The second kappa shape index (κ2) is 10.3. The summed E-state index contributed by atoms with van der Waals surface area (Å²) < 4.78 is 1.87. The number of carbonyl (C=O) groups is 1. The Morgan fingerprint density at radius 1 is 0.941 bits per heavy atom. The van der Waals surface area contributed by atoms with Gasteiger partial charge in [0.05, 0.1) is 17.9 Å². The summed E-state index contributed by atoms with van der Waals surface area (Å²) in [6, 6.07) is 21.2. The van der Waals surface area contributed by atoms with Crippen LogP contribution >= 0.6 is 11.6 Å². The van der Waals surface area contributed by atoms with Gasteiger partial charge in [0.1, 0.15) is 0 Å². The first-order valence-electron chi connectivity index (χ1n) is 11.6. The van der Waals surface area contributed by atoms with Gasteiger partial charge in [-0.3, -0.25) is 9.69 Å². The molecule has 0 aliphatic carbocycles. The number of carbonyl (C=O) groups excluding carboxylic acids is 1. The molecule has 1 fully saturated rings. The highest BCUT2D eigenvalue weighted by Crippen LogP contribution is 2.32. The molecule has 1 saturated heterocycles. The third kappa shape index (κ3) is 5.08. The molecule has 3 heterocycles. The summed E-state index contributed by atoms with van der Waals surface area (Å²) in [5.41, 5.74) is 3.76. The van der Waals surface area contributed by atoms with Crippen molar-refractivity contribution in [2.45, 2.75) is 25.2 Å². The molecule has 2 aromatic heterocycles. The summed E-state index contributed by atoms with van der Waals surface area (Å²) in [6.45, 7) is 2.23. The average Bonchev–Trinajstić information content (AvgIpc) is 3.19. The van der Waals surface area contributed by atoms with Crippen molar-refractivity contribution in [3.05, 3.63) is 95.4 Å². The third-order valence-corrected chi connectivity index (χ3v) is 6.57. The van der Waals surface area contributed by atoms with E-state index < -0.39 is 0 Å². The molecule has 5 rings (SSSR count). The van der Waals surface area contributed by atoms with E-state index in [0.717, 1.165) is 54.9 Å². The third-order valence-electron chi connectivity index (χ3n) is 6.32. The Balaban J connectivity index is 1.38. The van der Waals surface area contributed by atoms with Gasteiger partial charge >= 0.3 is 0 Å². The summed E-state index contributed by atoms with van der Waals surface area (Å²) in [7, 11) is 0. The lowest BCUT2D eigenvalue weighted by molar-refractivity contribution is 0.0932. The lowest BCUT2D eigenvalue weighted by Gasteiger charge is -2.19. The second-order valence-corrected chi connectivity index (χ2v) is 9.05. The standard InChI is InChI=1S/C27H26ClN5O/c28-23-11-9-20(10-12-23)24-18-25(33(31-24)27-29-14-5-15-30-27)21-8-4-16-32(17-13-21)19-26(34)22-6-2-1-3-7-22/h1-3,5-7,9-12,14-15,18,21H,4,8,13,16-17,19H2. The highest BCUT2D eigenvalue weighted by molar-refractivity contribution is 6.30. The zero-order valence-electron chi connectivity index (χ0n) is 18.8. The molecule has 0 saturated carbocycles. The van der Waals surface area contributed by atoms with Crippen LogP contribution in [0.4, 0.5) is 0 Å². The molecular formula is C27H26ClN5O. The SMILES string of the molecule is O=C(CN1CCCC(c2cc(-c3ccc(Cl)cc3)nn2-c2ncccn2)CC1)c1ccccc1. The fourth-order valence-corrected chi connectivity index (χ4v) is 4.66. The number of Topliss-reactive ketones (excluding diaryl/α,β-unsaturated/α-hetero) is 1. The van der Waals surface area contributed by atoms with Crippen molar-refractivity contribution in [1.29, 1.82) is 0 Å². The first-order valence-corrected chi connectivity index (χ1v) is 12.0. The molecule has 1 atom stereocenters. The number of likely N-dealkylation sites (tertiary alicyclic amines) is 1.